The minimum atomic E-state index is -4.32. The number of benzene rings is 1. The highest BCUT2D eigenvalue weighted by atomic mass is 35.5. The zero-order valence-electron chi connectivity index (χ0n) is 16.0. The predicted octanol–water partition coefficient (Wildman–Crippen LogP) is 3.21. The average Bonchev–Trinajstić information content (AvgIpc) is 2.61. The van der Waals surface area contributed by atoms with Crippen molar-refractivity contribution in [1.82, 2.24) is 9.88 Å². The van der Waals surface area contributed by atoms with Crippen molar-refractivity contribution in [2.45, 2.75) is 19.5 Å². The van der Waals surface area contributed by atoms with Gasteiger partial charge >= 0.3 is 6.18 Å². The van der Waals surface area contributed by atoms with Gasteiger partial charge in [-0.2, -0.15) is 13.2 Å². The maximum Gasteiger partial charge on any atom is 0.401 e. The summed E-state index contributed by atoms with van der Waals surface area (Å²) in [4.78, 5) is 5.39. The Morgan fingerprint density at radius 2 is 2.03 bits per heavy atom. The highest BCUT2D eigenvalue weighted by molar-refractivity contribution is 6.35. The quantitative estimate of drug-likeness (QED) is 0.450. The van der Waals surface area contributed by atoms with Gasteiger partial charge in [-0.05, 0) is 37.1 Å². The van der Waals surface area contributed by atoms with E-state index in [1.54, 1.807) is 30.5 Å². The first-order valence-corrected chi connectivity index (χ1v) is 9.37. The van der Waals surface area contributed by atoms with Gasteiger partial charge in [-0.3, -0.25) is 4.90 Å². The van der Waals surface area contributed by atoms with Crippen molar-refractivity contribution in [2.24, 2.45) is 0 Å². The van der Waals surface area contributed by atoms with Gasteiger partial charge in [0, 0.05) is 24.3 Å². The second kappa shape index (κ2) is 10.7. The van der Waals surface area contributed by atoms with E-state index in [2.05, 4.69) is 10.3 Å². The number of ether oxygens (including phenoxy) is 1. The lowest BCUT2D eigenvalue weighted by Gasteiger charge is -2.22. The van der Waals surface area contributed by atoms with Gasteiger partial charge in [0.15, 0.2) is 0 Å². The first-order chi connectivity index (χ1) is 13.7. The number of halogens is 4. The Labute approximate surface area is 174 Å². The van der Waals surface area contributed by atoms with Crippen LogP contribution in [0, 0.1) is 6.92 Å². The number of aliphatic hydroxyl groups is 1. The molecule has 2 rings (SSSR count). The molecule has 2 aromatic rings. The molecular formula is C19H22BClF3N3O2. The van der Waals surface area contributed by atoms with Crippen LogP contribution in [0.3, 0.4) is 0 Å². The molecule has 0 unspecified atom stereocenters. The summed E-state index contributed by atoms with van der Waals surface area (Å²) >= 11 is 6.06. The molecule has 1 aromatic heterocycles. The number of hydrogen-bond donors (Lipinski definition) is 2. The molecule has 0 aliphatic rings. The van der Waals surface area contributed by atoms with Crippen LogP contribution >= 0.6 is 11.6 Å². The number of nitrogens with zero attached hydrogens (tertiary/aromatic N) is 2. The molecule has 0 saturated heterocycles. The van der Waals surface area contributed by atoms with Crippen molar-refractivity contribution in [3.8, 4) is 5.75 Å². The molecule has 0 atom stereocenters. The van der Waals surface area contributed by atoms with Crippen LogP contribution < -0.4 is 15.5 Å². The lowest BCUT2D eigenvalue weighted by atomic mass is 9.95. The van der Waals surface area contributed by atoms with E-state index >= 15 is 0 Å². The largest absolute Gasteiger partial charge is 0.491 e. The maximum atomic E-state index is 12.6. The van der Waals surface area contributed by atoms with Gasteiger partial charge in [-0.1, -0.05) is 23.1 Å². The Kier molecular flexibility index (Phi) is 8.61. The first-order valence-electron chi connectivity index (χ1n) is 8.99. The fraction of sp³-hybridized carbons (Fsp3) is 0.421. The minimum Gasteiger partial charge on any atom is -0.491 e. The Bertz CT molecular complexity index is 809. The number of pyridine rings is 1. The lowest BCUT2D eigenvalue weighted by molar-refractivity contribution is -0.147. The van der Waals surface area contributed by atoms with Crippen molar-refractivity contribution < 1.29 is 23.0 Å². The molecule has 0 aliphatic heterocycles. The molecule has 2 N–H and O–H groups in total. The number of rotatable bonds is 10. The van der Waals surface area contributed by atoms with Gasteiger partial charge in [0.25, 0.3) is 0 Å². The zero-order chi connectivity index (χ0) is 21.4. The second-order valence-corrected chi connectivity index (χ2v) is 6.97. The maximum absolute atomic E-state index is 12.6. The van der Waals surface area contributed by atoms with Gasteiger partial charge < -0.3 is 15.2 Å². The van der Waals surface area contributed by atoms with Gasteiger partial charge in [0.05, 0.1) is 25.4 Å². The molecule has 1 aromatic carbocycles. The number of aryl methyl sites for hydroxylation is 1. The minimum absolute atomic E-state index is 0.0500. The monoisotopic (exact) mass is 427 g/mol. The van der Waals surface area contributed by atoms with E-state index in [1.807, 2.05) is 6.92 Å². The Hall–Kier alpha value is -1.97. The highest BCUT2D eigenvalue weighted by Crippen LogP contribution is 2.30. The topological polar surface area (TPSA) is 57.6 Å². The fourth-order valence-electron chi connectivity index (χ4n) is 2.68. The first kappa shape index (κ1) is 23.3. The molecule has 5 nitrogen and oxygen atoms in total. The van der Waals surface area contributed by atoms with Crippen LogP contribution in [0.4, 0.5) is 24.7 Å². The van der Waals surface area contributed by atoms with Crippen LogP contribution in [0.2, 0.25) is 5.02 Å². The van der Waals surface area contributed by atoms with Crippen LogP contribution in [0.25, 0.3) is 0 Å². The van der Waals surface area contributed by atoms with Crippen LogP contribution in [0.5, 0.6) is 5.75 Å². The summed E-state index contributed by atoms with van der Waals surface area (Å²) in [5.41, 5.74) is 1.92. The lowest BCUT2D eigenvalue weighted by Crippen LogP contribution is -2.37. The predicted molar refractivity (Wildman–Crippen MR) is 109 cm³/mol. The molecule has 2 radical (unpaired) electrons. The number of alkyl halides is 3. The third kappa shape index (κ3) is 8.12. The Morgan fingerprint density at radius 3 is 2.69 bits per heavy atom. The molecule has 29 heavy (non-hydrogen) atoms. The van der Waals surface area contributed by atoms with Crippen molar-refractivity contribution >= 4 is 36.4 Å². The van der Waals surface area contributed by atoms with Crippen LogP contribution in [0.1, 0.15) is 12.0 Å². The number of hydrogen-bond acceptors (Lipinski definition) is 5. The summed E-state index contributed by atoms with van der Waals surface area (Å²) in [6.07, 6.45) is -2.30. The van der Waals surface area contributed by atoms with E-state index in [1.165, 1.54) is 0 Å². The number of aromatic nitrogens is 1. The molecule has 156 valence electrons. The molecular weight excluding hydrogens is 405 g/mol. The summed E-state index contributed by atoms with van der Waals surface area (Å²) in [6, 6.07) is 6.74. The smallest absolute Gasteiger partial charge is 0.401 e. The molecule has 0 amide bonds. The summed E-state index contributed by atoms with van der Waals surface area (Å²) in [5.74, 6) is 0.919. The number of anilines is 2. The van der Waals surface area contributed by atoms with Gasteiger partial charge in [0.2, 0.25) is 0 Å². The highest BCUT2D eigenvalue weighted by Gasteiger charge is 2.30. The molecule has 0 aliphatic carbocycles. The summed E-state index contributed by atoms with van der Waals surface area (Å²) in [5, 5.41) is 12.5. The summed E-state index contributed by atoms with van der Waals surface area (Å²) in [7, 11) is 5.97. The molecule has 0 saturated carbocycles. The van der Waals surface area contributed by atoms with Gasteiger partial charge in [-0.25, -0.2) is 4.98 Å². The Morgan fingerprint density at radius 1 is 1.28 bits per heavy atom. The van der Waals surface area contributed by atoms with E-state index in [9.17, 15) is 13.2 Å². The SMILES string of the molecule is [B]c1cc(C)cnc1Nc1cc(Cl)ccc1OCCCN(CCO)CC(F)(F)F. The zero-order valence-corrected chi connectivity index (χ0v) is 16.7. The van der Waals surface area contributed by atoms with Gasteiger partial charge in [0.1, 0.15) is 19.4 Å². The van der Waals surface area contributed by atoms with E-state index in [0.29, 0.717) is 34.2 Å². The van der Waals surface area contributed by atoms with Crippen LogP contribution in [-0.2, 0) is 0 Å². The van der Waals surface area contributed by atoms with E-state index < -0.39 is 12.7 Å². The molecule has 0 bridgehead atoms. The van der Waals surface area contributed by atoms with E-state index in [0.717, 1.165) is 10.5 Å². The van der Waals surface area contributed by atoms with Crippen molar-refractivity contribution in [3.63, 3.8) is 0 Å². The molecule has 0 fully saturated rings. The van der Waals surface area contributed by atoms with E-state index in [-0.39, 0.29) is 26.3 Å². The van der Waals surface area contributed by atoms with Crippen molar-refractivity contribution in [1.29, 1.82) is 0 Å². The van der Waals surface area contributed by atoms with Crippen LogP contribution in [-0.4, -0.2) is 61.9 Å². The second-order valence-electron chi connectivity index (χ2n) is 6.53. The van der Waals surface area contributed by atoms with Gasteiger partial charge in [-0.15, -0.1) is 0 Å². The summed E-state index contributed by atoms with van der Waals surface area (Å²) in [6.45, 7) is 0.744. The number of aliphatic hydroxyl groups excluding tert-OH is 1. The Balaban J connectivity index is 1.98. The molecule has 10 heteroatoms. The molecule has 1 heterocycles. The number of nitrogens with one attached hydrogen (secondary N) is 1. The van der Waals surface area contributed by atoms with Crippen LogP contribution in [0.15, 0.2) is 30.5 Å². The van der Waals surface area contributed by atoms with Crippen molar-refractivity contribution in [3.05, 3.63) is 41.0 Å². The third-order valence-electron chi connectivity index (χ3n) is 3.94. The van der Waals surface area contributed by atoms with E-state index in [4.69, 9.17) is 29.3 Å². The standard InChI is InChI=1S/C19H22BClF3N3O2/c1-13-9-15(20)18(25-11-13)26-16-10-14(21)3-4-17(16)29-8-2-5-27(6-7-28)12-19(22,23)24/h3-4,9-11,28H,2,5-8,12H2,1H3,(H,25,26). The normalized spacial score (nSPS) is 11.7. The average molecular weight is 428 g/mol. The summed E-state index contributed by atoms with van der Waals surface area (Å²) < 4.78 is 43.4. The van der Waals surface area contributed by atoms with Crippen molar-refractivity contribution in [2.75, 3.05) is 38.2 Å². The molecule has 0 spiro atoms. The fourth-order valence-corrected chi connectivity index (χ4v) is 2.86. The third-order valence-corrected chi connectivity index (χ3v) is 4.18.